The van der Waals surface area contributed by atoms with Crippen molar-refractivity contribution in [3.63, 3.8) is 0 Å². The molecule has 0 fully saturated rings. The third kappa shape index (κ3) is 2.06. The van der Waals surface area contributed by atoms with Gasteiger partial charge in [0.1, 0.15) is 0 Å². The molecule has 6 heteroatoms. The van der Waals surface area contributed by atoms with E-state index >= 15 is 0 Å². The number of hydrogen-bond donors (Lipinski definition) is 0. The molecule has 1 aliphatic rings. The first-order chi connectivity index (χ1) is 10.4. The molecule has 1 aliphatic heterocycles. The first kappa shape index (κ1) is 14.6. The summed E-state index contributed by atoms with van der Waals surface area (Å²) in [5.74, 6) is -8.08. The van der Waals surface area contributed by atoms with Gasteiger partial charge in [-0.05, 0) is 31.0 Å². The molecule has 0 bridgehead atoms. The maximum absolute atomic E-state index is 13.8. The number of para-hydroxylation sites is 1. The molecular weight excluding hydrogens is 298 g/mol. The second-order valence-corrected chi connectivity index (χ2v) is 5.20. The van der Waals surface area contributed by atoms with E-state index in [0.717, 1.165) is 5.56 Å². The molecule has 0 aliphatic carbocycles. The summed E-state index contributed by atoms with van der Waals surface area (Å²) < 4.78 is 53.5. The molecule has 0 aromatic heterocycles. The van der Waals surface area contributed by atoms with E-state index in [9.17, 15) is 22.4 Å². The highest BCUT2D eigenvalue weighted by Gasteiger charge is 2.34. The standard InChI is InChI=1S/C16H11F4NO/c1-8-6-9-4-2-3-5-12(9)21(8)16(22)10-7-11(17)14(19)15(20)13(10)18/h2-5,7-8H,6H2,1H3. The first-order valence-corrected chi connectivity index (χ1v) is 6.66. The van der Waals surface area contributed by atoms with Crippen molar-refractivity contribution in [2.45, 2.75) is 19.4 Å². The zero-order valence-corrected chi connectivity index (χ0v) is 11.5. The highest BCUT2D eigenvalue weighted by Crippen LogP contribution is 2.34. The average molecular weight is 309 g/mol. The Kier molecular flexibility index (Phi) is 3.39. The Labute approximate surface area is 124 Å². The molecule has 114 valence electrons. The predicted octanol–water partition coefficient (Wildman–Crippen LogP) is 3.83. The second-order valence-electron chi connectivity index (χ2n) is 5.20. The summed E-state index contributed by atoms with van der Waals surface area (Å²) in [5, 5.41) is 0. The number of halogens is 4. The van der Waals surface area contributed by atoms with Crippen LogP contribution in [0.2, 0.25) is 0 Å². The lowest BCUT2D eigenvalue weighted by molar-refractivity contribution is 0.0975. The molecular formula is C16H11F4NO. The van der Waals surface area contributed by atoms with Crippen LogP contribution in [0.4, 0.5) is 23.2 Å². The number of anilines is 1. The monoisotopic (exact) mass is 309 g/mol. The summed E-state index contributed by atoms with van der Waals surface area (Å²) in [6.07, 6.45) is 0.551. The fourth-order valence-corrected chi connectivity index (χ4v) is 2.73. The van der Waals surface area contributed by atoms with Gasteiger partial charge in [0.2, 0.25) is 0 Å². The number of amides is 1. The van der Waals surface area contributed by atoms with E-state index in [4.69, 9.17) is 0 Å². The van der Waals surface area contributed by atoms with Gasteiger partial charge in [-0.1, -0.05) is 18.2 Å². The molecule has 0 spiro atoms. The summed E-state index contributed by atoms with van der Waals surface area (Å²) in [4.78, 5) is 13.8. The zero-order chi connectivity index (χ0) is 16.0. The van der Waals surface area contributed by atoms with Crippen LogP contribution in [0.1, 0.15) is 22.8 Å². The first-order valence-electron chi connectivity index (χ1n) is 6.66. The van der Waals surface area contributed by atoms with Gasteiger partial charge in [-0.3, -0.25) is 4.79 Å². The molecule has 0 radical (unpaired) electrons. The molecule has 2 nitrogen and oxygen atoms in total. The van der Waals surface area contributed by atoms with Gasteiger partial charge in [-0.25, -0.2) is 17.6 Å². The normalized spacial score (nSPS) is 16.8. The van der Waals surface area contributed by atoms with Crippen LogP contribution in [0, 0.1) is 23.3 Å². The predicted molar refractivity (Wildman–Crippen MR) is 72.7 cm³/mol. The lowest BCUT2D eigenvalue weighted by Crippen LogP contribution is -2.36. The van der Waals surface area contributed by atoms with Crippen molar-refractivity contribution >= 4 is 11.6 Å². The quantitative estimate of drug-likeness (QED) is 0.445. The molecule has 0 N–H and O–H groups in total. The molecule has 3 rings (SSSR count). The fraction of sp³-hybridized carbons (Fsp3) is 0.188. The highest BCUT2D eigenvalue weighted by molar-refractivity contribution is 6.08. The lowest BCUT2D eigenvalue weighted by Gasteiger charge is -2.23. The summed E-state index contributed by atoms with van der Waals surface area (Å²) >= 11 is 0. The van der Waals surface area contributed by atoms with Gasteiger partial charge >= 0.3 is 0 Å². The van der Waals surface area contributed by atoms with Crippen molar-refractivity contribution in [1.82, 2.24) is 0 Å². The Morgan fingerprint density at radius 2 is 1.77 bits per heavy atom. The number of carbonyl (C=O) groups excluding carboxylic acids is 1. The second kappa shape index (κ2) is 5.12. The number of carbonyl (C=O) groups is 1. The minimum atomic E-state index is -1.98. The third-order valence-corrected chi connectivity index (χ3v) is 3.76. The van der Waals surface area contributed by atoms with Crippen LogP contribution < -0.4 is 4.90 Å². The Bertz CT molecular complexity index is 775. The maximum Gasteiger partial charge on any atom is 0.261 e. The van der Waals surface area contributed by atoms with Gasteiger partial charge in [-0.15, -0.1) is 0 Å². The van der Waals surface area contributed by atoms with Gasteiger partial charge in [0.25, 0.3) is 5.91 Å². The molecule has 1 heterocycles. The van der Waals surface area contributed by atoms with Gasteiger partial charge in [0.05, 0.1) is 5.56 Å². The zero-order valence-electron chi connectivity index (χ0n) is 11.5. The van der Waals surface area contributed by atoms with E-state index in [1.165, 1.54) is 4.90 Å². The Morgan fingerprint density at radius 1 is 1.09 bits per heavy atom. The summed E-state index contributed by atoms with van der Waals surface area (Å²) in [7, 11) is 0. The van der Waals surface area contributed by atoms with Crippen LogP contribution in [0.3, 0.4) is 0 Å². The summed E-state index contributed by atoms with van der Waals surface area (Å²) in [6.45, 7) is 1.74. The largest absolute Gasteiger partial charge is 0.305 e. The lowest BCUT2D eigenvalue weighted by atomic mass is 10.1. The molecule has 2 aromatic rings. The van der Waals surface area contributed by atoms with Crippen molar-refractivity contribution in [1.29, 1.82) is 0 Å². The molecule has 2 aromatic carbocycles. The number of rotatable bonds is 1. The summed E-state index contributed by atoms with van der Waals surface area (Å²) in [5.41, 5.74) is 0.622. The van der Waals surface area contributed by atoms with E-state index in [2.05, 4.69) is 0 Å². The smallest absolute Gasteiger partial charge is 0.261 e. The van der Waals surface area contributed by atoms with Gasteiger partial charge in [0, 0.05) is 11.7 Å². The van der Waals surface area contributed by atoms with Gasteiger partial charge in [0.15, 0.2) is 23.3 Å². The highest BCUT2D eigenvalue weighted by atomic mass is 19.2. The Balaban J connectivity index is 2.09. The van der Waals surface area contributed by atoms with Crippen molar-refractivity contribution < 1.29 is 22.4 Å². The molecule has 22 heavy (non-hydrogen) atoms. The molecule has 0 saturated carbocycles. The van der Waals surface area contributed by atoms with E-state index in [1.807, 2.05) is 6.07 Å². The molecule has 1 atom stereocenters. The minimum absolute atomic E-state index is 0.291. The van der Waals surface area contributed by atoms with Crippen LogP contribution in [-0.2, 0) is 6.42 Å². The summed E-state index contributed by atoms with van der Waals surface area (Å²) in [6, 6.07) is 7.10. The SMILES string of the molecule is CC1Cc2ccccc2N1C(=O)c1cc(F)c(F)c(F)c1F. The maximum atomic E-state index is 13.8. The molecule has 1 amide bonds. The number of nitrogens with zero attached hydrogens (tertiary/aromatic N) is 1. The van der Waals surface area contributed by atoms with Crippen molar-refractivity contribution in [2.24, 2.45) is 0 Å². The number of fused-ring (bicyclic) bond motifs is 1. The Hall–Kier alpha value is -2.37. The van der Waals surface area contributed by atoms with Crippen LogP contribution in [0.5, 0.6) is 0 Å². The minimum Gasteiger partial charge on any atom is -0.305 e. The van der Waals surface area contributed by atoms with Crippen LogP contribution in [0.15, 0.2) is 30.3 Å². The van der Waals surface area contributed by atoms with E-state index < -0.39 is 34.7 Å². The topological polar surface area (TPSA) is 20.3 Å². The number of hydrogen-bond acceptors (Lipinski definition) is 1. The molecule has 0 saturated heterocycles. The van der Waals surface area contributed by atoms with Crippen LogP contribution >= 0.6 is 0 Å². The molecule has 1 unspecified atom stereocenters. The Morgan fingerprint density at radius 3 is 2.50 bits per heavy atom. The average Bonchev–Trinajstić information content (AvgIpc) is 2.84. The van der Waals surface area contributed by atoms with Crippen molar-refractivity contribution in [3.8, 4) is 0 Å². The van der Waals surface area contributed by atoms with Crippen molar-refractivity contribution in [2.75, 3.05) is 4.90 Å². The van der Waals surface area contributed by atoms with Gasteiger partial charge < -0.3 is 4.90 Å². The van der Waals surface area contributed by atoms with E-state index in [-0.39, 0.29) is 6.04 Å². The van der Waals surface area contributed by atoms with Crippen LogP contribution in [-0.4, -0.2) is 11.9 Å². The fourth-order valence-electron chi connectivity index (χ4n) is 2.73. The van der Waals surface area contributed by atoms with Gasteiger partial charge in [-0.2, -0.15) is 0 Å². The van der Waals surface area contributed by atoms with E-state index in [0.29, 0.717) is 18.2 Å². The van der Waals surface area contributed by atoms with E-state index in [1.54, 1.807) is 25.1 Å². The van der Waals surface area contributed by atoms with Crippen LogP contribution in [0.25, 0.3) is 0 Å². The van der Waals surface area contributed by atoms with Crippen molar-refractivity contribution in [3.05, 3.63) is 64.7 Å². The third-order valence-electron chi connectivity index (χ3n) is 3.76. The number of benzene rings is 2.